The van der Waals surface area contributed by atoms with E-state index in [4.69, 9.17) is 0 Å². The largest absolute Gasteiger partial charge is 0.332 e. The number of hydrogen-bond donors (Lipinski definition) is 1. The van der Waals surface area contributed by atoms with E-state index in [1.54, 1.807) is 0 Å². The molecule has 1 N–H and O–H groups in total. The third-order valence-corrected chi connectivity index (χ3v) is 12.2. The van der Waals surface area contributed by atoms with Crippen molar-refractivity contribution in [3.63, 3.8) is 0 Å². The molecule has 1 saturated heterocycles. The first kappa shape index (κ1) is 32.7. The number of fused-ring (bicyclic) bond motifs is 6. The Kier molecular flexibility index (Phi) is 7.93. The summed E-state index contributed by atoms with van der Waals surface area (Å²) in [5.41, 5.74) is 16.8. The molecule has 2 unspecified atom stereocenters. The van der Waals surface area contributed by atoms with Gasteiger partial charge in [-0.25, -0.2) is 0 Å². The second-order valence-electron chi connectivity index (χ2n) is 15.2. The van der Waals surface area contributed by atoms with Gasteiger partial charge in [-0.15, -0.1) is 0 Å². The maximum Gasteiger partial charge on any atom is 0.111 e. The molecule has 56 heavy (non-hydrogen) atoms. The Morgan fingerprint density at radius 2 is 1.07 bits per heavy atom. The maximum atomic E-state index is 4.02. The first-order valence-electron chi connectivity index (χ1n) is 19.9. The zero-order valence-corrected chi connectivity index (χ0v) is 31.1. The van der Waals surface area contributed by atoms with E-state index in [9.17, 15) is 0 Å². The third kappa shape index (κ3) is 5.31. The van der Waals surface area contributed by atoms with Crippen LogP contribution in [0.15, 0.2) is 200 Å². The van der Waals surface area contributed by atoms with Crippen molar-refractivity contribution in [3.8, 4) is 27.9 Å². The summed E-state index contributed by atoms with van der Waals surface area (Å²) >= 11 is 0. The van der Waals surface area contributed by atoms with Crippen molar-refractivity contribution >= 4 is 27.5 Å². The van der Waals surface area contributed by atoms with E-state index in [-0.39, 0.29) is 18.2 Å². The molecule has 0 amide bonds. The van der Waals surface area contributed by atoms with E-state index < -0.39 is 0 Å². The first-order chi connectivity index (χ1) is 27.8. The van der Waals surface area contributed by atoms with Crippen molar-refractivity contribution in [1.82, 2.24) is 9.88 Å². The Morgan fingerprint density at radius 3 is 1.91 bits per heavy atom. The van der Waals surface area contributed by atoms with E-state index in [1.807, 2.05) is 0 Å². The van der Waals surface area contributed by atoms with Crippen molar-refractivity contribution in [2.75, 3.05) is 4.90 Å². The monoisotopic (exact) mass is 719 g/mol. The van der Waals surface area contributed by atoms with E-state index in [0.717, 1.165) is 12.8 Å². The van der Waals surface area contributed by atoms with Gasteiger partial charge in [-0.1, -0.05) is 170 Å². The van der Waals surface area contributed by atoms with Gasteiger partial charge in [0.2, 0.25) is 0 Å². The van der Waals surface area contributed by atoms with E-state index in [2.05, 4.69) is 215 Å². The van der Waals surface area contributed by atoms with Gasteiger partial charge < -0.3 is 9.47 Å². The van der Waals surface area contributed by atoms with Crippen molar-refractivity contribution in [3.05, 3.63) is 228 Å². The predicted molar refractivity (Wildman–Crippen MR) is 232 cm³/mol. The third-order valence-electron chi connectivity index (χ3n) is 12.2. The molecule has 1 aromatic heterocycles. The van der Waals surface area contributed by atoms with Crippen LogP contribution in [0.1, 0.15) is 52.5 Å². The Bertz CT molecular complexity index is 2860. The van der Waals surface area contributed by atoms with Gasteiger partial charge in [-0.3, -0.25) is 5.32 Å². The number of benzene rings is 8. The van der Waals surface area contributed by atoms with Gasteiger partial charge in [-0.05, 0) is 87.7 Å². The van der Waals surface area contributed by atoms with E-state index in [0.29, 0.717) is 0 Å². The van der Waals surface area contributed by atoms with Crippen LogP contribution in [0.4, 0.5) is 5.69 Å². The molecule has 9 aromatic rings. The molecule has 3 nitrogen and oxygen atoms in total. The van der Waals surface area contributed by atoms with Gasteiger partial charge in [0, 0.05) is 27.9 Å². The van der Waals surface area contributed by atoms with Crippen LogP contribution >= 0.6 is 0 Å². The lowest BCUT2D eigenvalue weighted by atomic mass is 9.84. The Labute approximate surface area is 328 Å². The topological polar surface area (TPSA) is 20.2 Å². The van der Waals surface area contributed by atoms with Crippen molar-refractivity contribution < 1.29 is 0 Å². The molecule has 8 aromatic carbocycles. The predicted octanol–water partition coefficient (Wildman–Crippen LogP) is 13.0. The Hall–Kier alpha value is -6.68. The fraction of sp³-hybridized carbons (Fsp3) is 0.0943. The Balaban J connectivity index is 1.04. The van der Waals surface area contributed by atoms with Crippen LogP contribution in [0.2, 0.25) is 0 Å². The molecule has 2 heterocycles. The number of hydrogen-bond acceptors (Lipinski definition) is 2. The molecule has 3 heteroatoms. The number of nitrogens with zero attached hydrogens (tertiary/aromatic N) is 2. The molecule has 2 aliphatic rings. The molecule has 0 bridgehead atoms. The highest BCUT2D eigenvalue weighted by molar-refractivity contribution is 6.11. The van der Waals surface area contributed by atoms with Gasteiger partial charge in [0.15, 0.2) is 0 Å². The molecular formula is C53H41N3. The molecule has 11 rings (SSSR count). The summed E-state index contributed by atoms with van der Waals surface area (Å²) in [7, 11) is 0. The average molecular weight is 720 g/mol. The summed E-state index contributed by atoms with van der Waals surface area (Å²) in [5, 5.41) is 6.67. The highest BCUT2D eigenvalue weighted by Crippen LogP contribution is 2.48. The second-order valence-corrected chi connectivity index (χ2v) is 15.2. The summed E-state index contributed by atoms with van der Waals surface area (Å²) in [6, 6.07) is 73.6. The lowest BCUT2D eigenvalue weighted by Crippen LogP contribution is -2.58. The zero-order valence-electron chi connectivity index (χ0n) is 31.1. The molecule has 0 spiro atoms. The summed E-state index contributed by atoms with van der Waals surface area (Å²) in [6.07, 6.45) is 2.12. The zero-order chi connectivity index (χ0) is 37.0. The van der Waals surface area contributed by atoms with E-state index >= 15 is 0 Å². The van der Waals surface area contributed by atoms with Gasteiger partial charge in [0.1, 0.15) is 12.3 Å². The van der Waals surface area contributed by atoms with Crippen LogP contribution in [0.25, 0.3) is 49.7 Å². The molecule has 3 atom stereocenters. The lowest BCUT2D eigenvalue weighted by Gasteiger charge is -2.52. The number of para-hydroxylation sites is 3. The minimum Gasteiger partial charge on any atom is -0.332 e. The molecule has 1 fully saturated rings. The summed E-state index contributed by atoms with van der Waals surface area (Å²) in [5.74, 6) is 0.271. The smallest absolute Gasteiger partial charge is 0.111 e. The van der Waals surface area contributed by atoms with Crippen molar-refractivity contribution in [2.24, 2.45) is 0 Å². The number of nitrogens with one attached hydrogen (secondary N) is 1. The molecule has 0 radical (unpaired) electrons. The van der Waals surface area contributed by atoms with Crippen molar-refractivity contribution in [2.45, 2.75) is 31.1 Å². The van der Waals surface area contributed by atoms with Gasteiger partial charge in [0.25, 0.3) is 0 Å². The average Bonchev–Trinajstić information content (AvgIpc) is 3.50. The Morgan fingerprint density at radius 1 is 0.446 bits per heavy atom. The number of aryl methyl sites for hydroxylation is 1. The fourth-order valence-electron chi connectivity index (χ4n) is 9.61. The minimum atomic E-state index is -0.0287. The lowest BCUT2D eigenvalue weighted by molar-refractivity contribution is 0.276. The van der Waals surface area contributed by atoms with Gasteiger partial charge in [0.05, 0.1) is 16.7 Å². The summed E-state index contributed by atoms with van der Waals surface area (Å²) in [6.45, 7) is 0. The molecule has 1 aliphatic carbocycles. The number of rotatable bonds is 6. The molecular weight excluding hydrogens is 679 g/mol. The molecule has 0 saturated carbocycles. The van der Waals surface area contributed by atoms with Crippen molar-refractivity contribution in [1.29, 1.82) is 0 Å². The quantitative estimate of drug-likeness (QED) is 0.185. The molecule has 1 aliphatic heterocycles. The number of aromatic nitrogens is 1. The normalized spacial score (nSPS) is 17.6. The van der Waals surface area contributed by atoms with Crippen LogP contribution in [0.3, 0.4) is 0 Å². The maximum absolute atomic E-state index is 4.02. The second kappa shape index (κ2) is 13.6. The first-order valence-corrected chi connectivity index (χ1v) is 19.9. The van der Waals surface area contributed by atoms with Crippen LogP contribution in [-0.2, 0) is 6.42 Å². The van der Waals surface area contributed by atoms with E-state index in [1.165, 1.54) is 83.3 Å². The van der Waals surface area contributed by atoms with Crippen LogP contribution < -0.4 is 10.2 Å². The standard InChI is InChI=1S/C53H41N3/c1-3-16-36(17-4-1)37-30-32-39(33-31-37)52-54-53(55(52)40-19-5-2-6-20-40)47-25-12-14-28-49(47)56-48-27-13-11-24-46(48)51-45(26-15-29-50(51)56)44-35-34-38-18-7-8-21-41(38)42-22-9-10-23-43(42)44/h1-33,44,52-54H,34-35H2/t44-,52?,53?/m1/s1. The SMILES string of the molecule is c1ccc(-c2ccc(C3NC(c4ccccc4-n4c5ccccc5c5c([C@@H]6CCc7ccccc7-c7ccccc76)cccc54)N3c3ccccc3)cc2)cc1. The van der Waals surface area contributed by atoms with Gasteiger partial charge >= 0.3 is 0 Å². The van der Waals surface area contributed by atoms with Gasteiger partial charge in [-0.2, -0.15) is 0 Å². The summed E-state index contributed by atoms with van der Waals surface area (Å²) in [4.78, 5) is 2.54. The highest BCUT2D eigenvalue weighted by atomic mass is 15.5. The number of anilines is 1. The highest BCUT2D eigenvalue weighted by Gasteiger charge is 2.41. The van der Waals surface area contributed by atoms with Crippen LogP contribution in [0.5, 0.6) is 0 Å². The van der Waals surface area contributed by atoms with Crippen LogP contribution in [0, 0.1) is 0 Å². The minimum absolute atomic E-state index is 0.0287. The summed E-state index contributed by atoms with van der Waals surface area (Å²) < 4.78 is 2.52. The van der Waals surface area contributed by atoms with Crippen LogP contribution in [-0.4, -0.2) is 4.57 Å². The molecule has 268 valence electrons. The fourth-order valence-corrected chi connectivity index (χ4v) is 9.61.